The van der Waals surface area contributed by atoms with Crippen LogP contribution in [0.5, 0.6) is 11.6 Å². The van der Waals surface area contributed by atoms with Crippen molar-refractivity contribution in [3.05, 3.63) is 41.2 Å². The number of hydrogen-bond donors (Lipinski definition) is 1. The van der Waals surface area contributed by atoms with Gasteiger partial charge in [-0.15, -0.1) is 0 Å². The van der Waals surface area contributed by atoms with E-state index in [9.17, 15) is 0 Å². The molecule has 2 N–H and O–H groups in total. The molecule has 19 heavy (non-hydrogen) atoms. The van der Waals surface area contributed by atoms with Crippen molar-refractivity contribution in [3.8, 4) is 17.7 Å². The number of aromatic nitrogens is 2. The van der Waals surface area contributed by atoms with Gasteiger partial charge < -0.3 is 10.5 Å². The van der Waals surface area contributed by atoms with Gasteiger partial charge >= 0.3 is 0 Å². The van der Waals surface area contributed by atoms with Gasteiger partial charge in [-0.3, -0.25) is 0 Å². The minimum atomic E-state index is 0.371. The molecule has 0 saturated heterocycles. The molecular weight excluding hydrogens is 240 g/mol. The first-order chi connectivity index (χ1) is 9.12. The fraction of sp³-hybridized carbons (Fsp3) is 0.214. The molecule has 5 heteroatoms. The molecule has 1 aromatic carbocycles. The van der Waals surface area contributed by atoms with Crippen molar-refractivity contribution >= 4 is 5.82 Å². The van der Waals surface area contributed by atoms with Crippen LogP contribution in [0.25, 0.3) is 0 Å². The van der Waals surface area contributed by atoms with Crippen LogP contribution >= 0.6 is 0 Å². The largest absolute Gasteiger partial charge is 0.439 e. The van der Waals surface area contributed by atoms with Gasteiger partial charge in [0.05, 0.1) is 11.6 Å². The number of anilines is 1. The van der Waals surface area contributed by atoms with Crippen LogP contribution in [-0.4, -0.2) is 9.97 Å². The van der Waals surface area contributed by atoms with E-state index < -0.39 is 0 Å². The van der Waals surface area contributed by atoms with Gasteiger partial charge in [-0.2, -0.15) is 10.2 Å². The molecule has 0 aliphatic carbocycles. The predicted octanol–water partition coefficient (Wildman–Crippen LogP) is 2.59. The first kappa shape index (κ1) is 12.8. The minimum Gasteiger partial charge on any atom is -0.439 e. The summed E-state index contributed by atoms with van der Waals surface area (Å²) in [6.07, 6.45) is 0.679. The molecule has 96 valence electrons. The maximum atomic E-state index is 8.89. The van der Waals surface area contributed by atoms with E-state index in [-0.39, 0.29) is 0 Å². The van der Waals surface area contributed by atoms with Crippen molar-refractivity contribution in [2.45, 2.75) is 20.3 Å². The molecule has 5 nitrogen and oxygen atoms in total. The Labute approximate surface area is 111 Å². The van der Waals surface area contributed by atoms with E-state index >= 15 is 0 Å². The van der Waals surface area contributed by atoms with Crippen molar-refractivity contribution in [2.24, 2.45) is 0 Å². The third kappa shape index (κ3) is 2.99. The number of nitrogen functional groups attached to an aromatic ring is 1. The number of aryl methyl sites for hydroxylation is 2. The van der Waals surface area contributed by atoms with Gasteiger partial charge in [0.1, 0.15) is 17.4 Å². The Kier molecular flexibility index (Phi) is 3.62. The van der Waals surface area contributed by atoms with Crippen molar-refractivity contribution in [2.75, 3.05) is 5.73 Å². The summed E-state index contributed by atoms with van der Waals surface area (Å²) in [4.78, 5) is 8.33. The normalized spacial score (nSPS) is 9.95. The smallest absolute Gasteiger partial charge is 0.224 e. The van der Waals surface area contributed by atoms with Crippen molar-refractivity contribution in [1.29, 1.82) is 5.26 Å². The standard InChI is InChI=1S/C14H14N4O/c1-3-13-17-12(16)7-14(18-13)19-11-6-10(8-15)5-4-9(11)2/h4-7H,3H2,1-2H3,(H2,16,17,18). The number of hydrogen-bond acceptors (Lipinski definition) is 5. The lowest BCUT2D eigenvalue weighted by Crippen LogP contribution is -2.01. The zero-order chi connectivity index (χ0) is 13.8. The van der Waals surface area contributed by atoms with E-state index in [1.54, 1.807) is 18.2 Å². The second kappa shape index (κ2) is 5.36. The SMILES string of the molecule is CCc1nc(N)cc(Oc2cc(C#N)ccc2C)n1. The highest BCUT2D eigenvalue weighted by Crippen LogP contribution is 2.25. The number of benzene rings is 1. The molecule has 0 fully saturated rings. The lowest BCUT2D eigenvalue weighted by Gasteiger charge is -2.09. The summed E-state index contributed by atoms with van der Waals surface area (Å²) in [7, 11) is 0. The first-order valence-corrected chi connectivity index (χ1v) is 5.94. The first-order valence-electron chi connectivity index (χ1n) is 5.94. The Bertz CT molecular complexity index is 646. The minimum absolute atomic E-state index is 0.371. The maximum absolute atomic E-state index is 8.89. The van der Waals surface area contributed by atoms with E-state index in [0.29, 0.717) is 35.3 Å². The zero-order valence-corrected chi connectivity index (χ0v) is 10.8. The summed E-state index contributed by atoms with van der Waals surface area (Å²) in [5, 5.41) is 8.89. The molecule has 0 spiro atoms. The third-order valence-corrected chi connectivity index (χ3v) is 2.62. The van der Waals surface area contributed by atoms with Crippen LogP contribution in [0.15, 0.2) is 24.3 Å². The molecule has 0 bridgehead atoms. The van der Waals surface area contributed by atoms with E-state index in [0.717, 1.165) is 5.56 Å². The van der Waals surface area contributed by atoms with E-state index in [1.807, 2.05) is 19.9 Å². The van der Waals surface area contributed by atoms with Crippen LogP contribution in [0.3, 0.4) is 0 Å². The monoisotopic (exact) mass is 254 g/mol. The summed E-state index contributed by atoms with van der Waals surface area (Å²) in [6.45, 7) is 3.85. The third-order valence-electron chi connectivity index (χ3n) is 2.62. The molecule has 2 aromatic rings. The molecule has 1 heterocycles. The number of nitrogens with zero attached hydrogens (tertiary/aromatic N) is 3. The molecule has 2 rings (SSSR count). The fourth-order valence-corrected chi connectivity index (χ4v) is 1.59. The highest BCUT2D eigenvalue weighted by molar-refractivity contribution is 5.44. The number of nitriles is 1. The zero-order valence-electron chi connectivity index (χ0n) is 10.8. The second-order valence-electron chi connectivity index (χ2n) is 4.09. The summed E-state index contributed by atoms with van der Waals surface area (Å²) < 4.78 is 5.69. The summed E-state index contributed by atoms with van der Waals surface area (Å²) in [5.74, 6) is 1.99. The molecule has 0 atom stereocenters. The maximum Gasteiger partial charge on any atom is 0.224 e. The van der Waals surface area contributed by atoms with Crippen LogP contribution in [0, 0.1) is 18.3 Å². The van der Waals surface area contributed by atoms with Gasteiger partial charge in [-0.05, 0) is 24.6 Å². The van der Waals surface area contributed by atoms with Crippen LogP contribution in [0.2, 0.25) is 0 Å². The van der Waals surface area contributed by atoms with Gasteiger partial charge in [-0.1, -0.05) is 13.0 Å². The summed E-state index contributed by atoms with van der Waals surface area (Å²) >= 11 is 0. The summed E-state index contributed by atoms with van der Waals surface area (Å²) in [5.41, 5.74) is 7.16. The second-order valence-corrected chi connectivity index (χ2v) is 4.09. The summed E-state index contributed by atoms with van der Waals surface area (Å²) in [6, 6.07) is 8.90. The lowest BCUT2D eigenvalue weighted by atomic mass is 10.1. The average molecular weight is 254 g/mol. The number of rotatable bonds is 3. The van der Waals surface area contributed by atoms with Gasteiger partial charge in [0.2, 0.25) is 5.88 Å². The highest BCUT2D eigenvalue weighted by Gasteiger charge is 2.07. The van der Waals surface area contributed by atoms with Crippen LogP contribution in [0.1, 0.15) is 23.9 Å². The Morgan fingerprint density at radius 1 is 1.32 bits per heavy atom. The molecule has 0 aliphatic rings. The Balaban J connectivity index is 2.36. The van der Waals surface area contributed by atoms with E-state index in [2.05, 4.69) is 16.0 Å². The Morgan fingerprint density at radius 2 is 2.11 bits per heavy atom. The van der Waals surface area contributed by atoms with E-state index in [4.69, 9.17) is 15.7 Å². The Morgan fingerprint density at radius 3 is 2.79 bits per heavy atom. The van der Waals surface area contributed by atoms with Crippen LogP contribution in [0.4, 0.5) is 5.82 Å². The molecule has 0 radical (unpaired) electrons. The number of ether oxygens (including phenoxy) is 1. The molecular formula is C14H14N4O. The van der Waals surface area contributed by atoms with Gasteiger partial charge in [0.25, 0.3) is 0 Å². The highest BCUT2D eigenvalue weighted by atomic mass is 16.5. The van der Waals surface area contributed by atoms with Crippen LogP contribution in [-0.2, 0) is 6.42 Å². The lowest BCUT2D eigenvalue weighted by molar-refractivity contribution is 0.456. The van der Waals surface area contributed by atoms with Gasteiger partial charge in [0, 0.05) is 12.5 Å². The van der Waals surface area contributed by atoms with Crippen LogP contribution < -0.4 is 10.5 Å². The fourth-order valence-electron chi connectivity index (χ4n) is 1.59. The van der Waals surface area contributed by atoms with Crippen molar-refractivity contribution < 1.29 is 4.74 Å². The molecule has 0 amide bonds. The Hall–Kier alpha value is -2.61. The molecule has 0 unspecified atom stereocenters. The van der Waals surface area contributed by atoms with Crippen molar-refractivity contribution in [3.63, 3.8) is 0 Å². The average Bonchev–Trinajstić information content (AvgIpc) is 2.40. The molecule has 0 aliphatic heterocycles. The predicted molar refractivity (Wildman–Crippen MR) is 71.8 cm³/mol. The molecule has 1 aromatic heterocycles. The molecule has 0 saturated carbocycles. The van der Waals surface area contributed by atoms with E-state index in [1.165, 1.54) is 0 Å². The van der Waals surface area contributed by atoms with Gasteiger partial charge in [-0.25, -0.2) is 4.98 Å². The van der Waals surface area contributed by atoms with Crippen molar-refractivity contribution in [1.82, 2.24) is 9.97 Å². The topological polar surface area (TPSA) is 84.8 Å². The van der Waals surface area contributed by atoms with Gasteiger partial charge in [0.15, 0.2) is 0 Å². The number of nitrogens with two attached hydrogens (primary N) is 1. The quantitative estimate of drug-likeness (QED) is 0.909.